The van der Waals surface area contributed by atoms with E-state index >= 15 is 0 Å². The molecule has 0 aromatic rings. The fourth-order valence-electron chi connectivity index (χ4n) is 0.518. The quantitative estimate of drug-likeness (QED) is 0.537. The van der Waals surface area contributed by atoms with Gasteiger partial charge in [0.15, 0.2) is 0 Å². The SMILES string of the molecule is C=C(C)C(=O)OC.C=CC(=O)OC(C)(C)C. The van der Waals surface area contributed by atoms with Gasteiger partial charge in [0, 0.05) is 11.6 Å². The van der Waals surface area contributed by atoms with Crippen LogP contribution in [-0.2, 0) is 19.1 Å². The average Bonchev–Trinajstić information content (AvgIpc) is 2.14. The summed E-state index contributed by atoms with van der Waals surface area (Å²) in [5.74, 6) is -0.720. The second-order valence-electron chi connectivity index (χ2n) is 4.01. The molecule has 0 bridgehead atoms. The van der Waals surface area contributed by atoms with E-state index in [2.05, 4.69) is 17.9 Å². The largest absolute Gasteiger partial charge is 0.466 e. The van der Waals surface area contributed by atoms with E-state index in [-0.39, 0.29) is 11.9 Å². The fourth-order valence-corrected chi connectivity index (χ4v) is 0.518. The van der Waals surface area contributed by atoms with Crippen molar-refractivity contribution in [2.24, 2.45) is 0 Å². The lowest BCUT2D eigenvalue weighted by Crippen LogP contribution is -2.22. The number of rotatable bonds is 2. The Morgan fingerprint density at radius 3 is 1.75 bits per heavy atom. The van der Waals surface area contributed by atoms with Crippen molar-refractivity contribution in [2.45, 2.75) is 33.3 Å². The minimum absolute atomic E-state index is 0.347. The van der Waals surface area contributed by atoms with Crippen LogP contribution in [0.2, 0.25) is 0 Å². The summed E-state index contributed by atoms with van der Waals surface area (Å²) in [4.78, 5) is 20.7. The highest BCUT2D eigenvalue weighted by atomic mass is 16.6. The van der Waals surface area contributed by atoms with Crippen molar-refractivity contribution in [3.63, 3.8) is 0 Å². The van der Waals surface area contributed by atoms with Crippen molar-refractivity contribution in [1.82, 2.24) is 0 Å². The molecule has 0 saturated heterocycles. The first kappa shape index (κ1) is 16.8. The summed E-state index contributed by atoms with van der Waals surface area (Å²) in [6, 6.07) is 0. The maximum absolute atomic E-state index is 10.5. The van der Waals surface area contributed by atoms with Gasteiger partial charge >= 0.3 is 11.9 Å². The molecule has 0 N–H and O–H groups in total. The van der Waals surface area contributed by atoms with Crippen LogP contribution in [0, 0.1) is 0 Å². The number of methoxy groups -OCH3 is 1. The van der Waals surface area contributed by atoms with Crippen LogP contribution in [0.4, 0.5) is 0 Å². The van der Waals surface area contributed by atoms with Crippen molar-refractivity contribution < 1.29 is 19.1 Å². The van der Waals surface area contributed by atoms with Gasteiger partial charge in [0.25, 0.3) is 0 Å². The van der Waals surface area contributed by atoms with Crippen LogP contribution in [-0.4, -0.2) is 24.6 Å². The van der Waals surface area contributed by atoms with Gasteiger partial charge in [0.2, 0.25) is 0 Å². The topological polar surface area (TPSA) is 52.6 Å². The van der Waals surface area contributed by atoms with E-state index in [4.69, 9.17) is 4.74 Å². The van der Waals surface area contributed by atoms with Gasteiger partial charge in [-0.05, 0) is 27.7 Å². The van der Waals surface area contributed by atoms with Crippen molar-refractivity contribution in [3.05, 3.63) is 24.8 Å². The summed E-state index contributed by atoms with van der Waals surface area (Å²) in [6.45, 7) is 13.7. The van der Waals surface area contributed by atoms with Crippen LogP contribution in [0.3, 0.4) is 0 Å². The zero-order valence-corrected chi connectivity index (χ0v) is 10.6. The molecule has 0 aromatic carbocycles. The van der Waals surface area contributed by atoms with Crippen LogP contribution >= 0.6 is 0 Å². The Bertz CT molecular complexity index is 271. The predicted octanol–water partition coefficient (Wildman–Crippen LogP) is 2.25. The summed E-state index contributed by atoms with van der Waals surface area (Å²) in [6.07, 6.45) is 1.16. The zero-order valence-electron chi connectivity index (χ0n) is 10.6. The molecule has 0 atom stereocenters. The Balaban J connectivity index is 0. The van der Waals surface area contributed by atoms with Crippen LogP contribution in [0.25, 0.3) is 0 Å². The Kier molecular flexibility index (Phi) is 8.08. The van der Waals surface area contributed by atoms with E-state index in [9.17, 15) is 9.59 Å². The first-order chi connectivity index (χ1) is 7.14. The van der Waals surface area contributed by atoms with Crippen molar-refractivity contribution in [2.75, 3.05) is 7.11 Å². The highest BCUT2D eigenvalue weighted by Crippen LogP contribution is 2.06. The third-order valence-electron chi connectivity index (χ3n) is 1.11. The Labute approximate surface area is 96.9 Å². The van der Waals surface area contributed by atoms with Gasteiger partial charge in [-0.3, -0.25) is 0 Å². The molecule has 0 saturated carbocycles. The molecule has 0 fully saturated rings. The van der Waals surface area contributed by atoms with E-state index in [1.54, 1.807) is 6.92 Å². The Morgan fingerprint density at radius 2 is 1.69 bits per heavy atom. The molecule has 0 amide bonds. The second-order valence-corrected chi connectivity index (χ2v) is 4.01. The van der Waals surface area contributed by atoms with Gasteiger partial charge in [0.1, 0.15) is 5.60 Å². The number of esters is 2. The smallest absolute Gasteiger partial charge is 0.332 e. The monoisotopic (exact) mass is 228 g/mol. The molecule has 16 heavy (non-hydrogen) atoms. The third-order valence-corrected chi connectivity index (χ3v) is 1.11. The summed E-state index contributed by atoms with van der Waals surface area (Å²) >= 11 is 0. The molecule has 0 aliphatic heterocycles. The zero-order chi connectivity index (χ0) is 13.4. The van der Waals surface area contributed by atoms with Gasteiger partial charge < -0.3 is 9.47 Å². The molecular weight excluding hydrogens is 208 g/mol. The second kappa shape index (κ2) is 7.68. The predicted molar refractivity (Wildman–Crippen MR) is 62.9 cm³/mol. The van der Waals surface area contributed by atoms with E-state index in [0.717, 1.165) is 6.08 Å². The van der Waals surface area contributed by atoms with Crippen molar-refractivity contribution in [3.8, 4) is 0 Å². The first-order valence-electron chi connectivity index (χ1n) is 4.73. The van der Waals surface area contributed by atoms with Gasteiger partial charge in [0.05, 0.1) is 7.11 Å². The minimum Gasteiger partial charge on any atom is -0.466 e. The average molecular weight is 228 g/mol. The van der Waals surface area contributed by atoms with Gasteiger partial charge in [-0.15, -0.1) is 0 Å². The van der Waals surface area contributed by atoms with Crippen molar-refractivity contribution in [1.29, 1.82) is 0 Å². The van der Waals surface area contributed by atoms with Crippen LogP contribution in [0.5, 0.6) is 0 Å². The molecule has 4 nitrogen and oxygen atoms in total. The number of hydrogen-bond donors (Lipinski definition) is 0. The standard InChI is InChI=1S/C7H12O2.C5H8O2/c1-5-6(8)9-7(2,3)4;1-4(2)5(6)7-3/h5H,1H2,2-4H3;1H2,2-3H3. The summed E-state index contributed by atoms with van der Waals surface area (Å²) in [5, 5.41) is 0. The number of hydrogen-bond acceptors (Lipinski definition) is 4. The van der Waals surface area contributed by atoms with Crippen LogP contribution < -0.4 is 0 Å². The number of carbonyl (C=O) groups is 2. The molecule has 0 aromatic heterocycles. The maximum atomic E-state index is 10.5. The summed E-state index contributed by atoms with van der Waals surface area (Å²) in [5.41, 5.74) is 0.0353. The number of ether oxygens (including phenoxy) is 2. The fraction of sp³-hybridized carbons (Fsp3) is 0.500. The molecule has 0 aliphatic rings. The molecule has 0 aliphatic carbocycles. The molecule has 0 radical (unpaired) electrons. The first-order valence-corrected chi connectivity index (χ1v) is 4.73. The molecule has 0 rings (SSSR count). The molecule has 0 heterocycles. The molecule has 92 valence electrons. The molecule has 4 heteroatoms. The highest BCUT2D eigenvalue weighted by molar-refractivity contribution is 5.86. The lowest BCUT2D eigenvalue weighted by molar-refractivity contribution is -0.148. The lowest BCUT2D eigenvalue weighted by Gasteiger charge is -2.17. The third kappa shape index (κ3) is 12.4. The van der Waals surface area contributed by atoms with Crippen LogP contribution in [0.1, 0.15) is 27.7 Å². The van der Waals surface area contributed by atoms with E-state index in [0.29, 0.717) is 5.57 Å². The van der Waals surface area contributed by atoms with Crippen molar-refractivity contribution >= 4 is 11.9 Å². The normalized spacial score (nSPS) is 9.31. The summed E-state index contributed by atoms with van der Waals surface area (Å²) in [7, 11) is 1.33. The molecule has 0 unspecified atom stereocenters. The highest BCUT2D eigenvalue weighted by Gasteiger charge is 2.12. The van der Waals surface area contributed by atoms with Gasteiger partial charge in [-0.1, -0.05) is 13.2 Å². The van der Waals surface area contributed by atoms with Gasteiger partial charge in [-0.25, -0.2) is 9.59 Å². The Hall–Kier alpha value is -1.58. The molecular formula is C12H20O4. The maximum Gasteiger partial charge on any atom is 0.332 e. The van der Waals surface area contributed by atoms with E-state index < -0.39 is 5.60 Å². The minimum atomic E-state index is -0.398. The summed E-state index contributed by atoms with van der Waals surface area (Å²) < 4.78 is 9.10. The number of carbonyl (C=O) groups excluding carboxylic acids is 2. The van der Waals surface area contributed by atoms with E-state index in [1.807, 2.05) is 20.8 Å². The lowest BCUT2D eigenvalue weighted by atomic mass is 10.2. The van der Waals surface area contributed by atoms with Crippen LogP contribution in [0.15, 0.2) is 24.8 Å². The molecule has 0 spiro atoms. The Morgan fingerprint density at radius 1 is 1.25 bits per heavy atom. The van der Waals surface area contributed by atoms with Gasteiger partial charge in [-0.2, -0.15) is 0 Å². The van der Waals surface area contributed by atoms with E-state index in [1.165, 1.54) is 7.11 Å².